The maximum absolute atomic E-state index is 12.0. The summed E-state index contributed by atoms with van der Waals surface area (Å²) in [7, 11) is 1.50. The molecule has 0 fully saturated rings. The van der Waals surface area contributed by atoms with E-state index in [0.717, 1.165) is 12.8 Å². The summed E-state index contributed by atoms with van der Waals surface area (Å²) in [6, 6.07) is 4.93. The van der Waals surface area contributed by atoms with Crippen LogP contribution in [0.2, 0.25) is 0 Å². The van der Waals surface area contributed by atoms with Crippen LogP contribution in [-0.2, 0) is 4.79 Å². The van der Waals surface area contributed by atoms with E-state index in [4.69, 9.17) is 15.7 Å². The molecule has 0 heterocycles. The second-order valence-corrected chi connectivity index (χ2v) is 4.58. The van der Waals surface area contributed by atoms with E-state index in [1.165, 1.54) is 7.11 Å². The van der Waals surface area contributed by atoms with E-state index in [2.05, 4.69) is 10.5 Å². The van der Waals surface area contributed by atoms with Crippen molar-refractivity contribution >= 4 is 17.4 Å². The van der Waals surface area contributed by atoms with Crippen LogP contribution in [0.1, 0.15) is 32.3 Å². The van der Waals surface area contributed by atoms with E-state index in [9.17, 15) is 4.79 Å². The number of carbonyl (C=O) groups excluding carboxylic acids is 1. The molecule has 6 heteroatoms. The van der Waals surface area contributed by atoms with Gasteiger partial charge in [-0.05, 0) is 24.6 Å². The number of methoxy groups -OCH3 is 1. The fraction of sp³-hybridized carbons (Fsp3) is 0.429. The molecule has 1 aromatic carbocycles. The number of rotatable bonds is 6. The molecular weight excluding hydrogens is 258 g/mol. The fourth-order valence-electron chi connectivity index (χ4n) is 1.83. The van der Waals surface area contributed by atoms with Crippen molar-refractivity contribution < 1.29 is 14.7 Å². The maximum atomic E-state index is 12.0. The lowest BCUT2D eigenvalue weighted by Crippen LogP contribution is -2.21. The van der Waals surface area contributed by atoms with Crippen LogP contribution < -0.4 is 15.8 Å². The van der Waals surface area contributed by atoms with Gasteiger partial charge in [0.25, 0.3) is 0 Å². The monoisotopic (exact) mass is 279 g/mol. The standard InChI is InChI=1S/C14H21N3O3/c1-4-5-9(2)14(18)16-11-7-6-10(13(15)17-19)8-12(11)20-3/h6-9,19H,4-5H2,1-3H3,(H2,15,17)(H,16,18). The smallest absolute Gasteiger partial charge is 0.227 e. The Morgan fingerprint density at radius 3 is 2.80 bits per heavy atom. The molecule has 6 nitrogen and oxygen atoms in total. The molecule has 0 aromatic heterocycles. The highest BCUT2D eigenvalue weighted by Gasteiger charge is 2.15. The first-order chi connectivity index (χ1) is 9.53. The molecule has 0 radical (unpaired) electrons. The number of hydrogen-bond acceptors (Lipinski definition) is 4. The van der Waals surface area contributed by atoms with Gasteiger partial charge >= 0.3 is 0 Å². The quantitative estimate of drug-likeness (QED) is 0.322. The molecule has 20 heavy (non-hydrogen) atoms. The number of amidine groups is 1. The second-order valence-electron chi connectivity index (χ2n) is 4.58. The van der Waals surface area contributed by atoms with Gasteiger partial charge in [0, 0.05) is 11.5 Å². The summed E-state index contributed by atoms with van der Waals surface area (Å²) in [5, 5.41) is 14.4. The van der Waals surface area contributed by atoms with Gasteiger partial charge in [0.05, 0.1) is 12.8 Å². The number of nitrogens with one attached hydrogen (secondary N) is 1. The molecule has 0 aliphatic carbocycles. The maximum Gasteiger partial charge on any atom is 0.227 e. The molecule has 1 aromatic rings. The van der Waals surface area contributed by atoms with Gasteiger partial charge < -0.3 is 21.0 Å². The van der Waals surface area contributed by atoms with E-state index < -0.39 is 0 Å². The van der Waals surface area contributed by atoms with Gasteiger partial charge in [-0.3, -0.25) is 4.79 Å². The number of oxime groups is 1. The molecule has 0 aliphatic rings. The SMILES string of the molecule is CCCC(C)C(=O)Nc1ccc(/C(N)=N/O)cc1OC. The number of hydrogen-bond donors (Lipinski definition) is 3. The number of ether oxygens (including phenoxy) is 1. The van der Waals surface area contributed by atoms with Gasteiger partial charge in [0.15, 0.2) is 5.84 Å². The number of amides is 1. The van der Waals surface area contributed by atoms with Gasteiger partial charge in [-0.15, -0.1) is 0 Å². The molecule has 0 aliphatic heterocycles. The Morgan fingerprint density at radius 1 is 1.55 bits per heavy atom. The highest BCUT2D eigenvalue weighted by atomic mass is 16.5. The third-order valence-electron chi connectivity index (χ3n) is 3.03. The van der Waals surface area contributed by atoms with Gasteiger partial charge in [0.2, 0.25) is 5.91 Å². The van der Waals surface area contributed by atoms with E-state index in [0.29, 0.717) is 17.0 Å². The Balaban J connectivity index is 2.93. The predicted octanol–water partition coefficient (Wildman–Crippen LogP) is 2.16. The lowest BCUT2D eigenvalue weighted by molar-refractivity contribution is -0.119. The fourth-order valence-corrected chi connectivity index (χ4v) is 1.83. The van der Waals surface area contributed by atoms with Crippen LogP contribution in [0.5, 0.6) is 5.75 Å². The van der Waals surface area contributed by atoms with E-state index in [1.54, 1.807) is 18.2 Å². The summed E-state index contributed by atoms with van der Waals surface area (Å²) in [5.74, 6) is 0.335. The Hall–Kier alpha value is -2.24. The van der Waals surface area contributed by atoms with Crippen molar-refractivity contribution in [2.75, 3.05) is 12.4 Å². The van der Waals surface area contributed by atoms with Crippen molar-refractivity contribution in [1.29, 1.82) is 0 Å². The average Bonchev–Trinajstić information content (AvgIpc) is 2.46. The summed E-state index contributed by atoms with van der Waals surface area (Å²) in [6.07, 6.45) is 1.78. The molecular formula is C14H21N3O3. The summed E-state index contributed by atoms with van der Waals surface area (Å²) >= 11 is 0. The lowest BCUT2D eigenvalue weighted by Gasteiger charge is -2.14. The highest BCUT2D eigenvalue weighted by molar-refractivity contribution is 5.99. The second kappa shape index (κ2) is 7.37. The first kappa shape index (κ1) is 15.8. The Bertz CT molecular complexity index is 500. The van der Waals surface area contributed by atoms with E-state index in [-0.39, 0.29) is 17.7 Å². The Labute approximate surface area is 118 Å². The largest absolute Gasteiger partial charge is 0.495 e. The van der Waals surface area contributed by atoms with Crippen molar-refractivity contribution in [2.45, 2.75) is 26.7 Å². The zero-order chi connectivity index (χ0) is 15.1. The van der Waals surface area contributed by atoms with Crippen LogP contribution in [-0.4, -0.2) is 24.1 Å². The Morgan fingerprint density at radius 2 is 2.25 bits per heavy atom. The van der Waals surface area contributed by atoms with E-state index >= 15 is 0 Å². The summed E-state index contributed by atoms with van der Waals surface area (Å²) in [6.45, 7) is 3.92. The summed E-state index contributed by atoms with van der Waals surface area (Å²) < 4.78 is 5.21. The molecule has 0 spiro atoms. The van der Waals surface area contributed by atoms with E-state index in [1.807, 2.05) is 13.8 Å². The number of benzene rings is 1. The minimum atomic E-state index is -0.0616. The normalized spacial score (nSPS) is 12.8. The molecule has 1 rings (SSSR count). The summed E-state index contributed by atoms with van der Waals surface area (Å²) in [4.78, 5) is 12.0. The van der Waals surface area contributed by atoms with Gasteiger partial charge in [-0.1, -0.05) is 25.4 Å². The zero-order valence-corrected chi connectivity index (χ0v) is 12.0. The van der Waals surface area contributed by atoms with Crippen LogP contribution in [0, 0.1) is 5.92 Å². The van der Waals surface area contributed by atoms with Crippen LogP contribution in [0.3, 0.4) is 0 Å². The third kappa shape index (κ3) is 3.88. The molecule has 110 valence electrons. The number of anilines is 1. The third-order valence-corrected chi connectivity index (χ3v) is 3.03. The molecule has 1 atom stereocenters. The van der Waals surface area contributed by atoms with Crippen molar-refractivity contribution in [1.82, 2.24) is 0 Å². The van der Waals surface area contributed by atoms with Crippen LogP contribution >= 0.6 is 0 Å². The lowest BCUT2D eigenvalue weighted by atomic mass is 10.1. The number of nitrogens with zero attached hydrogens (tertiary/aromatic N) is 1. The highest BCUT2D eigenvalue weighted by Crippen LogP contribution is 2.26. The number of nitrogens with two attached hydrogens (primary N) is 1. The zero-order valence-electron chi connectivity index (χ0n) is 12.0. The van der Waals surface area contributed by atoms with Gasteiger partial charge in [0.1, 0.15) is 5.75 Å². The summed E-state index contributed by atoms with van der Waals surface area (Å²) in [5.41, 5.74) is 6.60. The Kier molecular flexibility index (Phi) is 5.83. The van der Waals surface area contributed by atoms with Gasteiger partial charge in [-0.25, -0.2) is 0 Å². The van der Waals surface area contributed by atoms with Crippen molar-refractivity contribution in [2.24, 2.45) is 16.8 Å². The first-order valence-corrected chi connectivity index (χ1v) is 6.50. The van der Waals surface area contributed by atoms with Crippen LogP contribution in [0.15, 0.2) is 23.4 Å². The predicted molar refractivity (Wildman–Crippen MR) is 78.2 cm³/mol. The molecule has 0 bridgehead atoms. The first-order valence-electron chi connectivity index (χ1n) is 6.50. The number of carbonyl (C=O) groups is 1. The molecule has 0 saturated heterocycles. The van der Waals surface area contributed by atoms with Gasteiger partial charge in [-0.2, -0.15) is 0 Å². The minimum Gasteiger partial charge on any atom is -0.495 e. The van der Waals surface area contributed by atoms with Crippen LogP contribution in [0.4, 0.5) is 5.69 Å². The topological polar surface area (TPSA) is 96.9 Å². The molecule has 0 saturated carbocycles. The molecule has 1 amide bonds. The van der Waals surface area contributed by atoms with Crippen LogP contribution in [0.25, 0.3) is 0 Å². The van der Waals surface area contributed by atoms with Crippen molar-refractivity contribution in [3.8, 4) is 5.75 Å². The molecule has 4 N–H and O–H groups in total. The van der Waals surface area contributed by atoms with Crippen molar-refractivity contribution in [3.63, 3.8) is 0 Å². The molecule has 1 unspecified atom stereocenters. The average molecular weight is 279 g/mol. The van der Waals surface area contributed by atoms with Crippen molar-refractivity contribution in [3.05, 3.63) is 23.8 Å². The minimum absolute atomic E-state index is 0.0134.